The lowest BCUT2D eigenvalue weighted by atomic mass is 9.82. The van der Waals surface area contributed by atoms with Gasteiger partial charge in [-0.1, -0.05) is 27.7 Å². The van der Waals surface area contributed by atoms with E-state index in [0.29, 0.717) is 10.8 Å². The van der Waals surface area contributed by atoms with Crippen molar-refractivity contribution in [3.05, 3.63) is 0 Å². The quantitative estimate of drug-likeness (QED) is 0.785. The van der Waals surface area contributed by atoms with Crippen molar-refractivity contribution >= 4 is 0 Å². The van der Waals surface area contributed by atoms with Crippen molar-refractivity contribution in [3.8, 4) is 0 Å². The zero-order valence-electron chi connectivity index (χ0n) is 14.4. The average molecular weight is 268 g/mol. The van der Waals surface area contributed by atoms with Crippen molar-refractivity contribution in [2.24, 2.45) is 10.8 Å². The van der Waals surface area contributed by atoms with E-state index in [1.165, 1.54) is 38.9 Å². The first-order chi connectivity index (χ1) is 8.61. The van der Waals surface area contributed by atoms with Crippen LogP contribution in [0, 0.1) is 10.8 Å². The number of rotatable bonds is 6. The highest BCUT2D eigenvalue weighted by atomic mass is 15.2. The minimum absolute atomic E-state index is 0.221. The second kappa shape index (κ2) is 6.13. The van der Waals surface area contributed by atoms with Crippen LogP contribution < -0.4 is 5.32 Å². The van der Waals surface area contributed by atoms with Crippen LogP contribution in [0.3, 0.4) is 0 Å². The van der Waals surface area contributed by atoms with E-state index in [1.807, 2.05) is 0 Å². The number of hydrogen-bond donors (Lipinski definition) is 1. The largest absolute Gasteiger partial charge is 0.311 e. The molecule has 0 amide bonds. The van der Waals surface area contributed by atoms with Crippen LogP contribution in [-0.2, 0) is 0 Å². The van der Waals surface area contributed by atoms with Crippen molar-refractivity contribution in [1.82, 2.24) is 10.2 Å². The summed E-state index contributed by atoms with van der Waals surface area (Å²) in [4.78, 5) is 2.69. The summed E-state index contributed by atoms with van der Waals surface area (Å²) in [6, 6.07) is 0. The third-order valence-corrected chi connectivity index (χ3v) is 4.77. The van der Waals surface area contributed by atoms with Crippen molar-refractivity contribution in [2.45, 2.75) is 73.3 Å². The molecule has 19 heavy (non-hydrogen) atoms. The molecule has 1 aliphatic rings. The molecular weight excluding hydrogens is 232 g/mol. The summed E-state index contributed by atoms with van der Waals surface area (Å²) >= 11 is 0. The van der Waals surface area contributed by atoms with Gasteiger partial charge in [-0.3, -0.25) is 0 Å². The van der Waals surface area contributed by atoms with Crippen LogP contribution in [0.4, 0.5) is 0 Å². The van der Waals surface area contributed by atoms with Crippen molar-refractivity contribution in [3.63, 3.8) is 0 Å². The second-order valence-corrected chi connectivity index (χ2v) is 8.44. The van der Waals surface area contributed by atoms with E-state index in [1.54, 1.807) is 0 Å². The first kappa shape index (κ1) is 17.0. The first-order valence-corrected chi connectivity index (χ1v) is 8.09. The molecular formula is C17H36N2. The van der Waals surface area contributed by atoms with Gasteiger partial charge in [-0.15, -0.1) is 0 Å². The lowest BCUT2D eigenvalue weighted by Crippen LogP contribution is -2.46. The molecule has 114 valence electrons. The molecule has 1 N–H and O–H groups in total. The van der Waals surface area contributed by atoms with E-state index in [4.69, 9.17) is 0 Å². The molecule has 0 aromatic heterocycles. The minimum Gasteiger partial charge on any atom is -0.311 e. The fourth-order valence-corrected chi connectivity index (χ4v) is 3.16. The van der Waals surface area contributed by atoms with E-state index in [2.05, 4.69) is 58.7 Å². The third kappa shape index (κ3) is 5.43. The zero-order chi connectivity index (χ0) is 14.7. The maximum absolute atomic E-state index is 3.66. The lowest BCUT2D eigenvalue weighted by Gasteiger charge is -2.35. The van der Waals surface area contributed by atoms with Gasteiger partial charge in [0.05, 0.1) is 0 Å². The summed E-state index contributed by atoms with van der Waals surface area (Å²) in [5, 5.41) is 3.66. The molecule has 1 saturated heterocycles. The molecule has 0 aliphatic carbocycles. The van der Waals surface area contributed by atoms with Crippen molar-refractivity contribution < 1.29 is 0 Å². The Bertz CT molecular complexity index is 271. The molecule has 2 heteroatoms. The maximum atomic E-state index is 3.66. The molecule has 0 aromatic carbocycles. The summed E-state index contributed by atoms with van der Waals surface area (Å²) in [5.74, 6) is 0. The van der Waals surface area contributed by atoms with Gasteiger partial charge in [0.15, 0.2) is 0 Å². The standard InChI is InChI=1S/C17H36N2/c1-8-17(9-2)10-11-19(14-17)13-16(6,7)12-18-15(3,4)5/h18H,8-14H2,1-7H3. The molecule has 1 aliphatic heterocycles. The van der Waals surface area contributed by atoms with Crippen molar-refractivity contribution in [2.75, 3.05) is 26.2 Å². The number of nitrogens with one attached hydrogen (secondary N) is 1. The Hall–Kier alpha value is -0.0800. The Balaban J connectivity index is 2.47. The van der Waals surface area contributed by atoms with Crippen LogP contribution in [0.15, 0.2) is 0 Å². The normalized spacial score (nSPS) is 21.0. The molecule has 1 rings (SSSR count). The van der Waals surface area contributed by atoms with Gasteiger partial charge in [0.25, 0.3) is 0 Å². The van der Waals surface area contributed by atoms with Gasteiger partial charge in [0.1, 0.15) is 0 Å². The van der Waals surface area contributed by atoms with Gasteiger partial charge in [-0.05, 0) is 57.4 Å². The van der Waals surface area contributed by atoms with E-state index in [0.717, 1.165) is 6.54 Å². The molecule has 0 radical (unpaired) electrons. The monoisotopic (exact) mass is 268 g/mol. The average Bonchev–Trinajstić information content (AvgIpc) is 2.69. The zero-order valence-corrected chi connectivity index (χ0v) is 14.4. The summed E-state index contributed by atoms with van der Waals surface area (Å²) < 4.78 is 0. The molecule has 0 saturated carbocycles. The van der Waals surface area contributed by atoms with E-state index >= 15 is 0 Å². The summed E-state index contributed by atoms with van der Waals surface area (Å²) in [5.41, 5.74) is 1.18. The van der Waals surface area contributed by atoms with Gasteiger partial charge in [0.2, 0.25) is 0 Å². The van der Waals surface area contributed by atoms with E-state index in [-0.39, 0.29) is 5.54 Å². The molecule has 1 fully saturated rings. The van der Waals surface area contributed by atoms with Gasteiger partial charge < -0.3 is 10.2 Å². The summed E-state index contributed by atoms with van der Waals surface area (Å²) in [6.07, 6.45) is 4.06. The number of nitrogens with zero attached hydrogens (tertiary/aromatic N) is 1. The first-order valence-electron chi connectivity index (χ1n) is 8.09. The summed E-state index contributed by atoms with van der Waals surface area (Å²) in [6.45, 7) is 21.2. The fraction of sp³-hybridized carbons (Fsp3) is 1.00. The van der Waals surface area contributed by atoms with Crippen LogP contribution in [0.5, 0.6) is 0 Å². The molecule has 1 heterocycles. The Kier molecular flexibility index (Phi) is 5.48. The molecule has 0 atom stereocenters. The molecule has 2 nitrogen and oxygen atoms in total. The van der Waals surface area contributed by atoms with Gasteiger partial charge in [-0.2, -0.15) is 0 Å². The Morgan fingerprint density at radius 2 is 1.63 bits per heavy atom. The topological polar surface area (TPSA) is 15.3 Å². The van der Waals surface area contributed by atoms with Crippen LogP contribution in [0.25, 0.3) is 0 Å². The van der Waals surface area contributed by atoms with E-state index in [9.17, 15) is 0 Å². The number of likely N-dealkylation sites (tertiary alicyclic amines) is 1. The predicted octanol–water partition coefficient (Wildman–Crippen LogP) is 3.91. The van der Waals surface area contributed by atoms with Crippen molar-refractivity contribution in [1.29, 1.82) is 0 Å². The van der Waals surface area contributed by atoms with E-state index < -0.39 is 0 Å². The minimum atomic E-state index is 0.221. The molecule has 0 spiro atoms. The highest BCUT2D eigenvalue weighted by Gasteiger charge is 2.36. The lowest BCUT2D eigenvalue weighted by molar-refractivity contribution is 0.168. The predicted molar refractivity (Wildman–Crippen MR) is 85.6 cm³/mol. The fourth-order valence-electron chi connectivity index (χ4n) is 3.16. The highest BCUT2D eigenvalue weighted by Crippen LogP contribution is 2.38. The Morgan fingerprint density at radius 1 is 1.05 bits per heavy atom. The SMILES string of the molecule is CCC1(CC)CCN(CC(C)(C)CNC(C)(C)C)C1. The molecule has 0 bridgehead atoms. The van der Waals surface area contributed by atoms with Gasteiger partial charge in [-0.25, -0.2) is 0 Å². The van der Waals surface area contributed by atoms with Crippen LogP contribution in [0.2, 0.25) is 0 Å². The van der Waals surface area contributed by atoms with Crippen LogP contribution in [-0.4, -0.2) is 36.6 Å². The Labute approximate surface area is 121 Å². The Morgan fingerprint density at radius 3 is 2.05 bits per heavy atom. The molecule has 0 aromatic rings. The second-order valence-electron chi connectivity index (χ2n) is 8.44. The smallest absolute Gasteiger partial charge is 0.00967 e. The third-order valence-electron chi connectivity index (χ3n) is 4.77. The van der Waals surface area contributed by atoms with Gasteiger partial charge in [0, 0.05) is 25.2 Å². The highest BCUT2D eigenvalue weighted by molar-refractivity contribution is 4.90. The summed E-state index contributed by atoms with van der Waals surface area (Å²) in [7, 11) is 0. The van der Waals surface area contributed by atoms with Crippen LogP contribution >= 0.6 is 0 Å². The maximum Gasteiger partial charge on any atom is 0.00967 e. The van der Waals surface area contributed by atoms with Gasteiger partial charge >= 0.3 is 0 Å². The number of hydrogen-bond acceptors (Lipinski definition) is 2. The molecule has 0 unspecified atom stereocenters. The van der Waals surface area contributed by atoms with Crippen LogP contribution in [0.1, 0.15) is 67.7 Å².